The second kappa shape index (κ2) is 5.45. The van der Waals surface area contributed by atoms with Gasteiger partial charge in [-0.25, -0.2) is 8.78 Å². The largest absolute Gasteiger partial charge is 0.380 e. The molecule has 0 atom stereocenters. The first kappa shape index (κ1) is 12.3. The molecule has 0 aliphatic heterocycles. The van der Waals surface area contributed by atoms with Gasteiger partial charge in [0.25, 0.3) is 0 Å². The predicted octanol–water partition coefficient (Wildman–Crippen LogP) is 3.17. The summed E-state index contributed by atoms with van der Waals surface area (Å²) < 4.78 is 27.2. The van der Waals surface area contributed by atoms with Crippen molar-refractivity contribution < 1.29 is 8.78 Å². The summed E-state index contributed by atoms with van der Waals surface area (Å²) in [5, 5.41) is 3.09. The first-order chi connectivity index (χ1) is 8.22. The average molecular weight is 240 g/mol. The van der Waals surface area contributed by atoms with Crippen molar-refractivity contribution >= 4 is 5.69 Å². The summed E-state index contributed by atoms with van der Waals surface area (Å²) >= 11 is 0. The minimum absolute atomic E-state index is 0.0203. The Balaban J connectivity index is 2.12. The highest BCUT2D eigenvalue weighted by molar-refractivity contribution is 5.48. The van der Waals surface area contributed by atoms with Crippen molar-refractivity contribution in [1.29, 1.82) is 0 Å². The summed E-state index contributed by atoms with van der Waals surface area (Å²) in [6.07, 6.45) is 5.60. The third-order valence-corrected chi connectivity index (χ3v) is 3.35. The molecule has 0 saturated heterocycles. The fourth-order valence-corrected chi connectivity index (χ4v) is 2.33. The molecular formula is C13H18F2N2. The van der Waals surface area contributed by atoms with Gasteiger partial charge >= 0.3 is 0 Å². The first-order valence-electron chi connectivity index (χ1n) is 6.16. The van der Waals surface area contributed by atoms with Crippen LogP contribution in [0.2, 0.25) is 0 Å². The molecule has 0 unspecified atom stereocenters. The molecule has 2 rings (SSSR count). The van der Waals surface area contributed by atoms with Crippen molar-refractivity contribution in [3.05, 3.63) is 29.3 Å². The minimum Gasteiger partial charge on any atom is -0.380 e. The first-order valence-corrected chi connectivity index (χ1v) is 6.16. The number of nitrogens with one attached hydrogen (secondary N) is 1. The Morgan fingerprint density at radius 3 is 2.47 bits per heavy atom. The SMILES string of the molecule is NCc1ccc(NC2CCCCC2)c(F)c1F. The van der Waals surface area contributed by atoms with Crippen LogP contribution in [0.5, 0.6) is 0 Å². The highest BCUT2D eigenvalue weighted by Crippen LogP contribution is 2.25. The Morgan fingerprint density at radius 2 is 1.82 bits per heavy atom. The van der Waals surface area contributed by atoms with Crippen LogP contribution in [-0.2, 0) is 6.54 Å². The van der Waals surface area contributed by atoms with Gasteiger partial charge < -0.3 is 11.1 Å². The van der Waals surface area contributed by atoms with Gasteiger partial charge in [-0.1, -0.05) is 25.3 Å². The maximum atomic E-state index is 13.7. The van der Waals surface area contributed by atoms with Crippen LogP contribution in [0.4, 0.5) is 14.5 Å². The molecule has 2 nitrogen and oxygen atoms in total. The van der Waals surface area contributed by atoms with E-state index in [4.69, 9.17) is 5.73 Å². The van der Waals surface area contributed by atoms with E-state index in [0.29, 0.717) is 0 Å². The van der Waals surface area contributed by atoms with E-state index in [0.717, 1.165) is 25.7 Å². The molecule has 0 amide bonds. The Labute approximate surface area is 100 Å². The number of rotatable bonds is 3. The highest BCUT2D eigenvalue weighted by atomic mass is 19.2. The zero-order valence-electron chi connectivity index (χ0n) is 9.81. The predicted molar refractivity (Wildman–Crippen MR) is 64.7 cm³/mol. The second-order valence-electron chi connectivity index (χ2n) is 4.58. The molecule has 3 N–H and O–H groups in total. The van der Waals surface area contributed by atoms with E-state index in [-0.39, 0.29) is 23.8 Å². The average Bonchev–Trinajstić information content (AvgIpc) is 2.37. The molecule has 94 valence electrons. The van der Waals surface area contributed by atoms with E-state index in [9.17, 15) is 8.78 Å². The Hall–Kier alpha value is -1.16. The smallest absolute Gasteiger partial charge is 0.182 e. The van der Waals surface area contributed by atoms with Crippen LogP contribution in [0.15, 0.2) is 12.1 Å². The summed E-state index contributed by atoms with van der Waals surface area (Å²) in [7, 11) is 0. The molecule has 1 aliphatic carbocycles. The molecule has 0 radical (unpaired) electrons. The molecule has 1 aromatic rings. The van der Waals surface area contributed by atoms with Gasteiger partial charge in [0.15, 0.2) is 11.6 Å². The topological polar surface area (TPSA) is 38.0 Å². The Kier molecular flexibility index (Phi) is 3.94. The molecule has 0 spiro atoms. The van der Waals surface area contributed by atoms with Gasteiger partial charge in [-0.2, -0.15) is 0 Å². The van der Waals surface area contributed by atoms with E-state index in [1.807, 2.05) is 0 Å². The molecule has 0 bridgehead atoms. The van der Waals surface area contributed by atoms with E-state index < -0.39 is 11.6 Å². The standard InChI is InChI=1S/C13H18F2N2/c14-12-9(8-16)6-7-11(13(12)15)17-10-4-2-1-3-5-10/h6-7,10,17H,1-5,8,16H2. The lowest BCUT2D eigenvalue weighted by atomic mass is 9.95. The minimum atomic E-state index is -0.826. The fourth-order valence-electron chi connectivity index (χ4n) is 2.33. The van der Waals surface area contributed by atoms with Gasteiger partial charge in [0, 0.05) is 18.2 Å². The molecule has 17 heavy (non-hydrogen) atoms. The number of nitrogens with two attached hydrogens (primary N) is 1. The van der Waals surface area contributed by atoms with Crippen molar-refractivity contribution in [2.24, 2.45) is 5.73 Å². The third kappa shape index (κ3) is 2.75. The van der Waals surface area contributed by atoms with E-state index in [2.05, 4.69) is 5.32 Å². The number of halogens is 2. The van der Waals surface area contributed by atoms with Crippen molar-refractivity contribution in [2.75, 3.05) is 5.32 Å². The van der Waals surface area contributed by atoms with E-state index >= 15 is 0 Å². The van der Waals surface area contributed by atoms with Crippen molar-refractivity contribution in [1.82, 2.24) is 0 Å². The van der Waals surface area contributed by atoms with Crippen LogP contribution in [0.1, 0.15) is 37.7 Å². The molecule has 1 aliphatic rings. The quantitative estimate of drug-likeness (QED) is 0.851. The van der Waals surface area contributed by atoms with Gasteiger partial charge in [0.05, 0.1) is 5.69 Å². The maximum Gasteiger partial charge on any atom is 0.182 e. The normalized spacial score (nSPS) is 17.1. The lowest BCUT2D eigenvalue weighted by molar-refractivity contribution is 0.456. The lowest BCUT2D eigenvalue weighted by Crippen LogP contribution is -2.23. The van der Waals surface area contributed by atoms with Gasteiger partial charge in [-0.3, -0.25) is 0 Å². The van der Waals surface area contributed by atoms with Gasteiger partial charge in [0.1, 0.15) is 0 Å². The van der Waals surface area contributed by atoms with E-state index in [1.54, 1.807) is 12.1 Å². The van der Waals surface area contributed by atoms with Crippen LogP contribution >= 0.6 is 0 Å². The van der Waals surface area contributed by atoms with Gasteiger partial charge in [-0.05, 0) is 18.9 Å². The van der Waals surface area contributed by atoms with Crippen molar-refractivity contribution in [3.63, 3.8) is 0 Å². The Bertz CT molecular complexity index is 387. The van der Waals surface area contributed by atoms with Crippen LogP contribution in [-0.4, -0.2) is 6.04 Å². The molecule has 1 aromatic carbocycles. The van der Waals surface area contributed by atoms with Crippen LogP contribution < -0.4 is 11.1 Å². The van der Waals surface area contributed by atoms with Gasteiger partial charge in [0.2, 0.25) is 0 Å². The molecule has 0 aromatic heterocycles. The zero-order valence-corrected chi connectivity index (χ0v) is 9.81. The van der Waals surface area contributed by atoms with Crippen LogP contribution in [0.3, 0.4) is 0 Å². The zero-order chi connectivity index (χ0) is 12.3. The number of anilines is 1. The van der Waals surface area contributed by atoms with Gasteiger partial charge in [-0.15, -0.1) is 0 Å². The second-order valence-corrected chi connectivity index (χ2v) is 4.58. The van der Waals surface area contributed by atoms with Crippen LogP contribution in [0, 0.1) is 11.6 Å². The summed E-state index contributed by atoms with van der Waals surface area (Å²) in [6.45, 7) is 0.0203. The summed E-state index contributed by atoms with van der Waals surface area (Å²) in [4.78, 5) is 0. The molecule has 1 saturated carbocycles. The highest BCUT2D eigenvalue weighted by Gasteiger charge is 2.17. The molecule has 1 fully saturated rings. The monoisotopic (exact) mass is 240 g/mol. The summed E-state index contributed by atoms with van der Waals surface area (Å²) in [6, 6.07) is 3.39. The van der Waals surface area contributed by atoms with Crippen LogP contribution in [0.25, 0.3) is 0 Å². The molecule has 4 heteroatoms. The molecule has 0 heterocycles. The lowest BCUT2D eigenvalue weighted by Gasteiger charge is -2.24. The fraction of sp³-hybridized carbons (Fsp3) is 0.538. The van der Waals surface area contributed by atoms with Crippen molar-refractivity contribution in [3.8, 4) is 0 Å². The van der Waals surface area contributed by atoms with E-state index in [1.165, 1.54) is 6.42 Å². The molecular weight excluding hydrogens is 222 g/mol. The maximum absolute atomic E-state index is 13.7. The van der Waals surface area contributed by atoms with Crippen molar-refractivity contribution in [2.45, 2.75) is 44.7 Å². The number of benzene rings is 1. The third-order valence-electron chi connectivity index (χ3n) is 3.35. The number of hydrogen-bond acceptors (Lipinski definition) is 2. The summed E-state index contributed by atoms with van der Waals surface area (Å²) in [5.41, 5.74) is 5.80. The summed E-state index contributed by atoms with van der Waals surface area (Å²) in [5.74, 6) is -1.63. The number of hydrogen-bond donors (Lipinski definition) is 2. The Morgan fingerprint density at radius 1 is 1.12 bits per heavy atom.